The standard InChI is InChI=1S/C14H25NO3/c1-5-12(16)10-6-8-11(9-7-10)15-13(17)18-14(2,3)4/h5,10-11,16H,6-9H2,1-4H3,(H,15,17)/b12-5+/t10-,11-. The van der Waals surface area contributed by atoms with E-state index >= 15 is 0 Å². The summed E-state index contributed by atoms with van der Waals surface area (Å²) in [4.78, 5) is 11.6. The molecule has 1 aliphatic rings. The molecule has 2 N–H and O–H groups in total. The van der Waals surface area contributed by atoms with Crippen LogP contribution in [0.1, 0.15) is 53.4 Å². The van der Waals surface area contributed by atoms with Crippen molar-refractivity contribution in [2.45, 2.75) is 65.0 Å². The van der Waals surface area contributed by atoms with Crippen molar-refractivity contribution in [2.24, 2.45) is 5.92 Å². The predicted octanol–water partition coefficient (Wildman–Crippen LogP) is 3.53. The minimum Gasteiger partial charge on any atom is -0.512 e. The van der Waals surface area contributed by atoms with Crippen LogP contribution in [0.2, 0.25) is 0 Å². The van der Waals surface area contributed by atoms with Gasteiger partial charge in [-0.3, -0.25) is 0 Å². The molecule has 0 saturated heterocycles. The summed E-state index contributed by atoms with van der Waals surface area (Å²) in [5.41, 5.74) is -0.454. The van der Waals surface area contributed by atoms with Crippen molar-refractivity contribution in [1.82, 2.24) is 5.32 Å². The van der Waals surface area contributed by atoms with E-state index < -0.39 is 5.60 Å². The summed E-state index contributed by atoms with van der Waals surface area (Å²) in [5, 5.41) is 12.5. The van der Waals surface area contributed by atoms with Crippen LogP contribution in [-0.2, 0) is 4.74 Å². The minimum atomic E-state index is -0.454. The molecule has 18 heavy (non-hydrogen) atoms. The van der Waals surface area contributed by atoms with Gasteiger partial charge in [-0.15, -0.1) is 0 Å². The van der Waals surface area contributed by atoms with E-state index in [1.807, 2.05) is 27.7 Å². The summed E-state index contributed by atoms with van der Waals surface area (Å²) in [5.74, 6) is 0.734. The number of hydrogen-bond acceptors (Lipinski definition) is 3. The van der Waals surface area contributed by atoms with Gasteiger partial charge in [0, 0.05) is 12.0 Å². The van der Waals surface area contributed by atoms with E-state index in [0.717, 1.165) is 25.7 Å². The smallest absolute Gasteiger partial charge is 0.407 e. The third-order valence-corrected chi connectivity index (χ3v) is 3.16. The van der Waals surface area contributed by atoms with E-state index in [4.69, 9.17) is 4.74 Å². The van der Waals surface area contributed by atoms with Crippen LogP contribution in [0.15, 0.2) is 11.8 Å². The summed E-state index contributed by atoms with van der Waals surface area (Å²) in [6.45, 7) is 7.41. The Labute approximate surface area is 109 Å². The molecule has 1 amide bonds. The van der Waals surface area contributed by atoms with E-state index in [1.165, 1.54) is 0 Å². The highest BCUT2D eigenvalue weighted by Gasteiger charge is 2.26. The highest BCUT2D eigenvalue weighted by atomic mass is 16.6. The van der Waals surface area contributed by atoms with E-state index in [9.17, 15) is 9.90 Å². The highest BCUT2D eigenvalue weighted by molar-refractivity contribution is 5.68. The Hall–Kier alpha value is -1.19. The van der Waals surface area contributed by atoms with E-state index in [0.29, 0.717) is 5.76 Å². The monoisotopic (exact) mass is 255 g/mol. The van der Waals surface area contributed by atoms with Crippen molar-refractivity contribution in [3.63, 3.8) is 0 Å². The number of carbonyl (C=O) groups is 1. The number of amides is 1. The van der Waals surface area contributed by atoms with Gasteiger partial charge in [0.05, 0.1) is 5.76 Å². The molecule has 1 fully saturated rings. The van der Waals surface area contributed by atoms with Crippen LogP contribution in [0.4, 0.5) is 4.79 Å². The fourth-order valence-corrected chi connectivity index (χ4v) is 2.24. The number of ether oxygens (including phenoxy) is 1. The quantitative estimate of drug-likeness (QED) is 0.742. The molecule has 0 atom stereocenters. The Kier molecular flexibility index (Phi) is 5.05. The van der Waals surface area contributed by atoms with E-state index in [-0.39, 0.29) is 18.1 Å². The van der Waals surface area contributed by atoms with Crippen molar-refractivity contribution in [3.8, 4) is 0 Å². The molecule has 0 aliphatic heterocycles. The SMILES string of the molecule is C/C=C(/O)[C@H]1CC[C@H](NC(=O)OC(C)(C)C)CC1. The normalized spacial score (nSPS) is 25.7. The number of aliphatic hydroxyl groups excluding tert-OH is 1. The molecule has 1 rings (SSSR count). The zero-order valence-corrected chi connectivity index (χ0v) is 11.8. The largest absolute Gasteiger partial charge is 0.512 e. The molecule has 0 spiro atoms. The molecular weight excluding hydrogens is 230 g/mol. The summed E-state index contributed by atoms with van der Waals surface area (Å²) in [6, 6.07) is 0.167. The molecule has 0 aromatic carbocycles. The molecule has 0 unspecified atom stereocenters. The first-order chi connectivity index (χ1) is 8.31. The molecule has 0 radical (unpaired) electrons. The second-order valence-corrected chi connectivity index (χ2v) is 5.91. The highest BCUT2D eigenvalue weighted by Crippen LogP contribution is 2.28. The van der Waals surface area contributed by atoms with Crippen molar-refractivity contribution in [2.75, 3.05) is 0 Å². The van der Waals surface area contributed by atoms with Crippen LogP contribution in [-0.4, -0.2) is 22.8 Å². The van der Waals surface area contributed by atoms with E-state index in [2.05, 4.69) is 5.32 Å². The van der Waals surface area contributed by atoms with Crippen molar-refractivity contribution < 1.29 is 14.6 Å². The molecule has 104 valence electrons. The lowest BCUT2D eigenvalue weighted by atomic mass is 9.85. The average molecular weight is 255 g/mol. The van der Waals surface area contributed by atoms with Gasteiger partial charge in [-0.2, -0.15) is 0 Å². The fourth-order valence-electron chi connectivity index (χ4n) is 2.24. The molecule has 1 aliphatic carbocycles. The van der Waals surface area contributed by atoms with Gasteiger partial charge < -0.3 is 15.2 Å². The van der Waals surface area contributed by atoms with Crippen LogP contribution in [0.25, 0.3) is 0 Å². The fraction of sp³-hybridized carbons (Fsp3) is 0.786. The lowest BCUT2D eigenvalue weighted by Gasteiger charge is -2.29. The molecule has 0 aromatic rings. The summed E-state index contributed by atoms with van der Waals surface area (Å²) in [6.07, 6.45) is 5.02. The van der Waals surface area contributed by atoms with Crippen LogP contribution in [0, 0.1) is 5.92 Å². The molecule has 1 saturated carbocycles. The first kappa shape index (κ1) is 14.9. The second-order valence-electron chi connectivity index (χ2n) is 5.91. The number of carbonyl (C=O) groups excluding carboxylic acids is 1. The maximum absolute atomic E-state index is 11.6. The van der Waals surface area contributed by atoms with Gasteiger partial charge >= 0.3 is 6.09 Å². The molecule has 0 heterocycles. The lowest BCUT2D eigenvalue weighted by Crippen LogP contribution is -2.41. The van der Waals surface area contributed by atoms with Gasteiger partial charge in [-0.05, 0) is 59.5 Å². The topological polar surface area (TPSA) is 58.6 Å². The Morgan fingerprint density at radius 2 is 1.83 bits per heavy atom. The molecule has 4 heteroatoms. The second kappa shape index (κ2) is 6.12. The van der Waals surface area contributed by atoms with E-state index in [1.54, 1.807) is 6.08 Å². The van der Waals surface area contributed by atoms with Gasteiger partial charge in [0.1, 0.15) is 5.60 Å². The van der Waals surface area contributed by atoms with Crippen LogP contribution >= 0.6 is 0 Å². The Bertz CT molecular complexity index is 309. The third kappa shape index (κ3) is 4.98. The number of rotatable bonds is 2. The maximum atomic E-state index is 11.6. The molecule has 4 nitrogen and oxygen atoms in total. The third-order valence-electron chi connectivity index (χ3n) is 3.16. The number of allylic oxidation sites excluding steroid dienone is 2. The van der Waals surface area contributed by atoms with Crippen molar-refractivity contribution >= 4 is 6.09 Å². The summed E-state index contributed by atoms with van der Waals surface area (Å²) >= 11 is 0. The summed E-state index contributed by atoms with van der Waals surface area (Å²) in [7, 11) is 0. The molecule has 0 bridgehead atoms. The van der Waals surface area contributed by atoms with Gasteiger partial charge in [-0.1, -0.05) is 0 Å². The van der Waals surface area contributed by atoms with Crippen LogP contribution in [0.5, 0.6) is 0 Å². The Morgan fingerprint density at radius 1 is 1.28 bits per heavy atom. The van der Waals surface area contributed by atoms with Gasteiger partial charge in [0.15, 0.2) is 0 Å². The lowest BCUT2D eigenvalue weighted by molar-refractivity contribution is 0.0487. The van der Waals surface area contributed by atoms with Crippen LogP contribution < -0.4 is 5.32 Å². The van der Waals surface area contributed by atoms with Crippen molar-refractivity contribution in [1.29, 1.82) is 0 Å². The zero-order valence-electron chi connectivity index (χ0n) is 11.8. The zero-order chi connectivity index (χ0) is 13.8. The number of aliphatic hydroxyl groups is 1. The molecule has 0 aromatic heterocycles. The number of nitrogens with one attached hydrogen (secondary N) is 1. The predicted molar refractivity (Wildman–Crippen MR) is 71.5 cm³/mol. The first-order valence-corrected chi connectivity index (χ1v) is 6.66. The number of alkyl carbamates (subject to hydrolysis) is 1. The Morgan fingerprint density at radius 3 is 2.28 bits per heavy atom. The van der Waals surface area contributed by atoms with Crippen LogP contribution in [0.3, 0.4) is 0 Å². The van der Waals surface area contributed by atoms with Crippen molar-refractivity contribution in [3.05, 3.63) is 11.8 Å². The average Bonchev–Trinajstić information content (AvgIpc) is 2.26. The number of hydrogen-bond donors (Lipinski definition) is 2. The first-order valence-electron chi connectivity index (χ1n) is 6.66. The Balaban J connectivity index is 2.34. The summed E-state index contributed by atoms with van der Waals surface area (Å²) < 4.78 is 5.23. The van der Waals surface area contributed by atoms with Gasteiger partial charge in [-0.25, -0.2) is 4.79 Å². The molecular formula is C14H25NO3. The minimum absolute atomic E-state index is 0.167. The van der Waals surface area contributed by atoms with Gasteiger partial charge in [0.25, 0.3) is 0 Å². The van der Waals surface area contributed by atoms with Gasteiger partial charge in [0.2, 0.25) is 0 Å². The maximum Gasteiger partial charge on any atom is 0.407 e.